The molecule has 0 radical (unpaired) electrons. The number of ketones is 1. The van der Waals surface area contributed by atoms with Crippen LogP contribution in [0.2, 0.25) is 0 Å². The number of carbonyl (C=O) groups excluding carboxylic acids is 1. The van der Waals surface area contributed by atoms with Crippen molar-refractivity contribution in [2.45, 2.75) is 37.8 Å². The molecule has 0 bridgehead atoms. The summed E-state index contributed by atoms with van der Waals surface area (Å²) in [7, 11) is 0. The van der Waals surface area contributed by atoms with Crippen LogP contribution in [0.5, 0.6) is 0 Å². The molecular weight excluding hydrogens is 356 g/mol. The molecular formula is C13H18F3IO. The van der Waals surface area contributed by atoms with Crippen molar-refractivity contribution in [3.05, 3.63) is 20.8 Å². The third kappa shape index (κ3) is 2.97. The average molecular weight is 374 g/mol. The predicted molar refractivity (Wildman–Crippen MR) is 76.1 cm³/mol. The molecule has 1 rings (SSSR count). The summed E-state index contributed by atoms with van der Waals surface area (Å²) in [6, 6.07) is 0. The second kappa shape index (κ2) is 5.35. The number of Topliss-reactive ketones (excluding diaryl/α,β-unsaturated/α-hetero) is 1. The molecule has 104 valence electrons. The van der Waals surface area contributed by atoms with Crippen LogP contribution in [0.1, 0.15) is 27.7 Å². The Morgan fingerprint density at radius 2 is 1.83 bits per heavy atom. The van der Waals surface area contributed by atoms with Crippen molar-refractivity contribution >= 4 is 25.6 Å². The van der Waals surface area contributed by atoms with E-state index < -0.39 is 37.5 Å². The SMILES string of the molecule is CC1=CC(C(F)(F)F)=C(C(C)C)C(=O)C(C)I1C. The van der Waals surface area contributed by atoms with E-state index in [9.17, 15) is 18.0 Å². The van der Waals surface area contributed by atoms with Gasteiger partial charge in [-0.1, -0.05) is 0 Å². The molecule has 0 aromatic heterocycles. The minimum absolute atomic E-state index is 0.0454. The van der Waals surface area contributed by atoms with Crippen molar-refractivity contribution < 1.29 is 18.0 Å². The van der Waals surface area contributed by atoms with Crippen LogP contribution in [-0.4, -0.2) is 20.8 Å². The van der Waals surface area contributed by atoms with Gasteiger partial charge in [0.25, 0.3) is 0 Å². The van der Waals surface area contributed by atoms with E-state index >= 15 is 0 Å². The van der Waals surface area contributed by atoms with Gasteiger partial charge in [0.05, 0.1) is 0 Å². The summed E-state index contributed by atoms with van der Waals surface area (Å²) in [5, 5.41) is 0. The summed E-state index contributed by atoms with van der Waals surface area (Å²) < 4.78 is 39.8. The number of halogens is 4. The molecule has 5 heteroatoms. The Morgan fingerprint density at radius 1 is 1.33 bits per heavy atom. The van der Waals surface area contributed by atoms with E-state index in [1.165, 1.54) is 6.08 Å². The van der Waals surface area contributed by atoms with E-state index in [1.54, 1.807) is 27.7 Å². The number of hydrogen-bond donors (Lipinski definition) is 0. The molecule has 0 aliphatic carbocycles. The van der Waals surface area contributed by atoms with Gasteiger partial charge in [0.1, 0.15) is 0 Å². The predicted octanol–water partition coefficient (Wildman–Crippen LogP) is 4.51. The molecule has 0 amide bonds. The number of carbonyl (C=O) groups is 1. The van der Waals surface area contributed by atoms with Gasteiger partial charge in [-0.05, 0) is 0 Å². The fourth-order valence-corrected chi connectivity index (χ4v) is 5.41. The third-order valence-corrected chi connectivity index (χ3v) is 9.47. The molecule has 0 fully saturated rings. The van der Waals surface area contributed by atoms with Crippen molar-refractivity contribution in [3.8, 4) is 0 Å². The number of alkyl halides is 5. The zero-order valence-corrected chi connectivity index (χ0v) is 13.3. The van der Waals surface area contributed by atoms with E-state index in [4.69, 9.17) is 0 Å². The minimum atomic E-state index is -4.45. The summed E-state index contributed by atoms with van der Waals surface area (Å²) in [4.78, 5) is 14.2. The quantitative estimate of drug-likeness (QED) is 0.488. The van der Waals surface area contributed by atoms with Crippen molar-refractivity contribution in [2.24, 2.45) is 5.92 Å². The first-order chi connectivity index (χ1) is 8.07. The van der Waals surface area contributed by atoms with Crippen molar-refractivity contribution in [3.63, 3.8) is 0 Å². The molecule has 1 nitrogen and oxygen atoms in total. The van der Waals surface area contributed by atoms with Gasteiger partial charge in [-0.3, -0.25) is 0 Å². The standard InChI is InChI=1S/C13H18F3IO/c1-7(2)11-10(13(14,15)16)6-8(3)17(5)9(4)12(11)18/h6-7,9H,1-5H3. The maximum atomic E-state index is 13.1. The summed E-state index contributed by atoms with van der Waals surface area (Å²) in [6.07, 6.45) is -3.24. The van der Waals surface area contributed by atoms with E-state index in [-0.39, 0.29) is 15.3 Å². The molecule has 0 saturated heterocycles. The van der Waals surface area contributed by atoms with Gasteiger partial charge < -0.3 is 0 Å². The van der Waals surface area contributed by atoms with Gasteiger partial charge in [-0.25, -0.2) is 0 Å². The Labute approximate surface area is 113 Å². The molecule has 0 aromatic carbocycles. The Kier molecular flexibility index (Phi) is 4.67. The summed E-state index contributed by atoms with van der Waals surface area (Å²) in [5.41, 5.74) is -0.774. The first-order valence-electron chi connectivity index (χ1n) is 5.69. The molecule has 1 heterocycles. The van der Waals surface area contributed by atoms with Gasteiger partial charge in [-0.2, -0.15) is 0 Å². The van der Waals surface area contributed by atoms with Crippen LogP contribution in [0, 0.1) is 5.92 Å². The molecule has 0 saturated carbocycles. The van der Waals surface area contributed by atoms with Crippen LogP contribution in [0.4, 0.5) is 13.2 Å². The monoisotopic (exact) mass is 374 g/mol. The van der Waals surface area contributed by atoms with Gasteiger partial charge in [0, 0.05) is 0 Å². The molecule has 1 atom stereocenters. The zero-order valence-electron chi connectivity index (χ0n) is 11.2. The topological polar surface area (TPSA) is 17.1 Å². The van der Waals surface area contributed by atoms with Gasteiger partial charge in [-0.15, -0.1) is 0 Å². The summed E-state index contributed by atoms with van der Waals surface area (Å²) in [5.74, 6) is -0.707. The van der Waals surface area contributed by atoms with Crippen LogP contribution in [0.3, 0.4) is 0 Å². The van der Waals surface area contributed by atoms with E-state index in [2.05, 4.69) is 0 Å². The summed E-state index contributed by atoms with van der Waals surface area (Å²) >= 11 is -1.79. The maximum absolute atomic E-state index is 13.1. The van der Waals surface area contributed by atoms with Crippen molar-refractivity contribution in [1.82, 2.24) is 0 Å². The summed E-state index contributed by atoms with van der Waals surface area (Å²) in [6.45, 7) is 6.79. The van der Waals surface area contributed by atoms with Crippen LogP contribution >= 0.6 is 19.8 Å². The van der Waals surface area contributed by atoms with E-state index in [0.29, 0.717) is 0 Å². The second-order valence-electron chi connectivity index (χ2n) is 4.71. The molecule has 1 aliphatic heterocycles. The van der Waals surface area contributed by atoms with Crippen molar-refractivity contribution in [1.29, 1.82) is 0 Å². The Morgan fingerprint density at radius 3 is 2.22 bits per heavy atom. The van der Waals surface area contributed by atoms with Crippen molar-refractivity contribution in [2.75, 3.05) is 4.93 Å². The normalized spacial score (nSPS) is 24.5. The van der Waals surface area contributed by atoms with Crippen LogP contribution in [0.25, 0.3) is 0 Å². The van der Waals surface area contributed by atoms with Gasteiger partial charge >= 0.3 is 113 Å². The Hall–Kier alpha value is -0.330. The molecule has 18 heavy (non-hydrogen) atoms. The van der Waals surface area contributed by atoms with Crippen LogP contribution in [0.15, 0.2) is 20.8 Å². The third-order valence-electron chi connectivity index (χ3n) is 3.10. The van der Waals surface area contributed by atoms with Crippen LogP contribution < -0.4 is 0 Å². The second-order valence-corrected chi connectivity index (χ2v) is 11.2. The first kappa shape index (κ1) is 15.7. The van der Waals surface area contributed by atoms with Gasteiger partial charge in [0.15, 0.2) is 0 Å². The fraction of sp³-hybridized carbons (Fsp3) is 0.615. The van der Waals surface area contributed by atoms with E-state index in [1.807, 2.05) is 4.93 Å². The van der Waals surface area contributed by atoms with E-state index in [0.717, 1.165) is 3.58 Å². The first-order valence-corrected chi connectivity index (χ1v) is 10.2. The Balaban J connectivity index is 3.53. The van der Waals surface area contributed by atoms with Crippen LogP contribution in [-0.2, 0) is 4.79 Å². The van der Waals surface area contributed by atoms with Gasteiger partial charge in [0.2, 0.25) is 0 Å². The molecule has 1 unspecified atom stereocenters. The average Bonchev–Trinajstić information content (AvgIpc) is 2.30. The fourth-order valence-electron chi connectivity index (χ4n) is 1.95. The number of allylic oxidation sites excluding steroid dienone is 4. The number of hydrogen-bond acceptors (Lipinski definition) is 1. The Bertz CT molecular complexity index is 418. The zero-order chi connectivity index (χ0) is 14.2. The number of rotatable bonds is 1. The molecule has 0 aromatic rings. The molecule has 0 spiro atoms. The molecule has 0 N–H and O–H groups in total. The molecule has 1 aliphatic rings.